The molecule has 1 rings (SSSR count). The third-order valence-electron chi connectivity index (χ3n) is 1.70. The van der Waals surface area contributed by atoms with Crippen LogP contribution in [0.25, 0.3) is 0 Å². The second-order valence-corrected chi connectivity index (χ2v) is 2.64. The molecule has 1 aromatic heterocycles. The molecule has 0 bridgehead atoms. The van der Waals surface area contributed by atoms with Crippen LogP contribution in [0.5, 0.6) is 5.75 Å². The minimum Gasteiger partial charge on any atom is -0.506 e. The van der Waals surface area contributed by atoms with Gasteiger partial charge in [-0.25, -0.2) is 13.8 Å². The highest BCUT2D eigenvalue weighted by Crippen LogP contribution is 2.27. The summed E-state index contributed by atoms with van der Waals surface area (Å²) < 4.78 is 24.7. The maximum absolute atomic E-state index is 12.3. The molecule has 0 aliphatic rings. The Hall–Kier alpha value is -2.21. The summed E-state index contributed by atoms with van der Waals surface area (Å²) in [6.45, 7) is 0. The Morgan fingerprint density at radius 2 is 2.13 bits per heavy atom. The molecule has 0 saturated heterocycles. The Balaban J connectivity index is 3.32. The minimum atomic E-state index is -2.88. The molecule has 0 unspecified atom stereocenters. The predicted molar refractivity (Wildman–Crippen MR) is 44.9 cm³/mol. The molecule has 0 fully saturated rings. The molecule has 0 aliphatic heterocycles. The van der Waals surface area contributed by atoms with E-state index in [1.165, 1.54) is 6.07 Å². The number of hydrogen-bond donors (Lipinski definition) is 1. The van der Waals surface area contributed by atoms with Gasteiger partial charge < -0.3 is 5.11 Å². The van der Waals surface area contributed by atoms with E-state index in [2.05, 4.69) is 4.98 Å². The van der Waals surface area contributed by atoms with Crippen molar-refractivity contribution in [3.63, 3.8) is 0 Å². The Kier molecular flexibility index (Phi) is 3.14. The molecular weight excluding hydrogens is 204 g/mol. The van der Waals surface area contributed by atoms with Gasteiger partial charge >= 0.3 is 0 Å². The van der Waals surface area contributed by atoms with Gasteiger partial charge in [-0.1, -0.05) is 0 Å². The van der Waals surface area contributed by atoms with E-state index in [0.29, 0.717) is 0 Å². The highest BCUT2D eigenvalue weighted by Gasteiger charge is 2.17. The van der Waals surface area contributed by atoms with Gasteiger partial charge in [0.25, 0.3) is 6.43 Å². The summed E-state index contributed by atoms with van der Waals surface area (Å²) in [7, 11) is 0. The lowest BCUT2D eigenvalue weighted by atomic mass is 10.1. The van der Waals surface area contributed by atoms with Gasteiger partial charge in [-0.3, -0.25) is 0 Å². The molecule has 1 heterocycles. The maximum atomic E-state index is 12.3. The Morgan fingerprint density at radius 1 is 1.47 bits per heavy atom. The normalized spacial score (nSPS) is 9.67. The fraction of sp³-hybridized carbons (Fsp3) is 0.222. The smallest absolute Gasteiger partial charge is 0.266 e. The van der Waals surface area contributed by atoms with Crippen molar-refractivity contribution < 1.29 is 13.9 Å². The first-order chi connectivity index (χ1) is 7.10. The molecule has 76 valence electrons. The lowest BCUT2D eigenvalue weighted by molar-refractivity contribution is 0.150. The van der Waals surface area contributed by atoms with E-state index in [9.17, 15) is 13.9 Å². The Labute approximate surface area is 84.0 Å². The number of nitriles is 2. The second kappa shape index (κ2) is 4.34. The van der Waals surface area contributed by atoms with Gasteiger partial charge in [0.15, 0.2) is 0 Å². The molecule has 0 amide bonds. The van der Waals surface area contributed by atoms with Gasteiger partial charge in [-0.05, 0) is 6.07 Å². The Bertz CT molecular complexity index is 460. The van der Waals surface area contributed by atoms with Gasteiger partial charge in [0.1, 0.15) is 17.5 Å². The molecule has 0 aromatic carbocycles. The molecule has 1 N–H and O–H groups in total. The van der Waals surface area contributed by atoms with E-state index in [-0.39, 0.29) is 12.1 Å². The predicted octanol–water partition coefficient (Wildman–Crippen LogP) is 1.66. The highest BCUT2D eigenvalue weighted by molar-refractivity contribution is 5.41. The first kappa shape index (κ1) is 10.9. The number of nitrogens with zero attached hydrogens (tertiary/aromatic N) is 3. The monoisotopic (exact) mass is 209 g/mol. The van der Waals surface area contributed by atoms with Crippen molar-refractivity contribution in [3.8, 4) is 17.9 Å². The van der Waals surface area contributed by atoms with Crippen LogP contribution < -0.4 is 0 Å². The van der Waals surface area contributed by atoms with Crippen molar-refractivity contribution in [2.24, 2.45) is 0 Å². The molecule has 4 nitrogen and oxygen atoms in total. The maximum Gasteiger partial charge on any atom is 0.266 e. The van der Waals surface area contributed by atoms with Crippen LogP contribution in [0.2, 0.25) is 0 Å². The molecule has 0 atom stereocenters. The number of aromatic nitrogens is 1. The average Bonchev–Trinajstić information content (AvgIpc) is 2.20. The number of hydrogen-bond acceptors (Lipinski definition) is 4. The molecule has 0 aliphatic carbocycles. The average molecular weight is 209 g/mol. The van der Waals surface area contributed by atoms with Crippen molar-refractivity contribution in [2.75, 3.05) is 0 Å². The van der Waals surface area contributed by atoms with Crippen LogP contribution in [0.1, 0.15) is 23.4 Å². The molecule has 0 radical (unpaired) electrons. The molecule has 6 heteroatoms. The molecule has 1 aromatic rings. The van der Waals surface area contributed by atoms with E-state index in [0.717, 1.165) is 6.07 Å². The Morgan fingerprint density at radius 3 is 2.60 bits per heavy atom. The van der Waals surface area contributed by atoms with Gasteiger partial charge in [-0.2, -0.15) is 10.5 Å². The third kappa shape index (κ3) is 2.18. The fourth-order valence-corrected chi connectivity index (χ4v) is 1.02. The van der Waals surface area contributed by atoms with E-state index >= 15 is 0 Å². The van der Waals surface area contributed by atoms with Crippen LogP contribution in [0, 0.1) is 22.7 Å². The van der Waals surface area contributed by atoms with Crippen LogP contribution in [0.15, 0.2) is 6.07 Å². The summed E-state index contributed by atoms with van der Waals surface area (Å²) in [4.78, 5) is 3.49. The number of aromatic hydroxyl groups is 1. The minimum absolute atomic E-state index is 0.0709. The van der Waals surface area contributed by atoms with Crippen molar-refractivity contribution in [3.05, 3.63) is 23.0 Å². The summed E-state index contributed by atoms with van der Waals surface area (Å²) in [6.07, 6.45) is -3.11. The SMILES string of the molecule is N#CCc1nc(C#N)c(C(F)F)cc1O. The summed E-state index contributed by atoms with van der Waals surface area (Å²) in [6, 6.07) is 3.96. The van der Waals surface area contributed by atoms with Crippen LogP contribution in [-0.2, 0) is 6.42 Å². The summed E-state index contributed by atoms with van der Waals surface area (Å²) in [5.74, 6) is -0.495. The molecule has 0 spiro atoms. The number of alkyl halides is 2. The lowest BCUT2D eigenvalue weighted by Gasteiger charge is -2.05. The van der Waals surface area contributed by atoms with E-state index < -0.39 is 23.4 Å². The first-order valence-corrected chi connectivity index (χ1v) is 3.88. The van der Waals surface area contributed by atoms with Crippen molar-refractivity contribution >= 4 is 0 Å². The molecular formula is C9H5F2N3O. The lowest BCUT2D eigenvalue weighted by Crippen LogP contribution is -1.99. The fourth-order valence-electron chi connectivity index (χ4n) is 1.02. The van der Waals surface area contributed by atoms with Crippen LogP contribution in [-0.4, -0.2) is 10.1 Å². The van der Waals surface area contributed by atoms with E-state index in [1.807, 2.05) is 0 Å². The van der Waals surface area contributed by atoms with Gasteiger partial charge in [0, 0.05) is 0 Å². The summed E-state index contributed by atoms with van der Waals surface area (Å²) >= 11 is 0. The zero-order valence-corrected chi connectivity index (χ0v) is 7.41. The zero-order chi connectivity index (χ0) is 11.4. The third-order valence-corrected chi connectivity index (χ3v) is 1.70. The standard InChI is InChI=1S/C9H5F2N3O/c10-9(11)5-3-8(15)6(1-2-12)14-7(5)4-13/h3,9,15H,1H2. The van der Waals surface area contributed by atoms with Crippen molar-refractivity contribution in [1.82, 2.24) is 4.98 Å². The van der Waals surface area contributed by atoms with Crippen LogP contribution in [0.4, 0.5) is 8.78 Å². The summed E-state index contributed by atoms with van der Waals surface area (Å²) in [5, 5.41) is 26.1. The van der Waals surface area contributed by atoms with Crippen molar-refractivity contribution in [1.29, 1.82) is 10.5 Å². The van der Waals surface area contributed by atoms with Gasteiger partial charge in [0.05, 0.1) is 23.7 Å². The van der Waals surface area contributed by atoms with E-state index in [4.69, 9.17) is 10.5 Å². The van der Waals surface area contributed by atoms with Gasteiger partial charge in [-0.15, -0.1) is 0 Å². The summed E-state index contributed by atoms with van der Waals surface area (Å²) in [5.41, 5.74) is -1.16. The second-order valence-electron chi connectivity index (χ2n) is 2.64. The van der Waals surface area contributed by atoms with Crippen molar-refractivity contribution in [2.45, 2.75) is 12.8 Å². The van der Waals surface area contributed by atoms with Crippen LogP contribution >= 0.6 is 0 Å². The van der Waals surface area contributed by atoms with Gasteiger partial charge in [0.2, 0.25) is 0 Å². The highest BCUT2D eigenvalue weighted by atomic mass is 19.3. The zero-order valence-electron chi connectivity index (χ0n) is 7.41. The number of halogens is 2. The quantitative estimate of drug-likeness (QED) is 0.803. The van der Waals surface area contributed by atoms with Crippen LogP contribution in [0.3, 0.4) is 0 Å². The van der Waals surface area contributed by atoms with E-state index in [1.54, 1.807) is 6.07 Å². The topological polar surface area (TPSA) is 80.7 Å². The molecule has 15 heavy (non-hydrogen) atoms. The number of rotatable bonds is 2. The first-order valence-electron chi connectivity index (χ1n) is 3.88. The number of pyridine rings is 1. The molecule has 0 saturated carbocycles. The largest absolute Gasteiger partial charge is 0.506 e.